The van der Waals surface area contributed by atoms with Crippen LogP contribution in [0.4, 0.5) is 13.2 Å². The Balaban J connectivity index is 1.80. The second-order valence-electron chi connectivity index (χ2n) is 5.10. The van der Waals surface area contributed by atoms with Gasteiger partial charge in [0.2, 0.25) is 11.2 Å². The van der Waals surface area contributed by atoms with Crippen LogP contribution >= 0.6 is 22.9 Å². The van der Waals surface area contributed by atoms with Crippen LogP contribution in [0.15, 0.2) is 41.2 Å². The summed E-state index contributed by atoms with van der Waals surface area (Å²) in [6.07, 6.45) is -4.51. The SMILES string of the molecule is FC(F)(F)c1ccc(-c2cscn2)c(Oc2ccc3nnc(Cl)n3n2)c1. The molecule has 4 aromatic rings. The van der Waals surface area contributed by atoms with Crippen molar-refractivity contribution in [2.24, 2.45) is 0 Å². The van der Waals surface area contributed by atoms with Crippen molar-refractivity contribution in [1.82, 2.24) is 24.8 Å². The van der Waals surface area contributed by atoms with Crippen LogP contribution < -0.4 is 4.74 Å². The van der Waals surface area contributed by atoms with Gasteiger partial charge >= 0.3 is 6.18 Å². The second-order valence-corrected chi connectivity index (χ2v) is 6.15. The van der Waals surface area contributed by atoms with Gasteiger partial charge in [-0.2, -0.15) is 17.7 Å². The Hall–Kier alpha value is -2.72. The van der Waals surface area contributed by atoms with Crippen LogP contribution in [0, 0.1) is 0 Å². The molecular formula is C15H7ClF3N5OS. The van der Waals surface area contributed by atoms with Crippen molar-refractivity contribution in [3.8, 4) is 22.9 Å². The van der Waals surface area contributed by atoms with Crippen LogP contribution in [0.5, 0.6) is 11.6 Å². The molecule has 0 saturated carbocycles. The van der Waals surface area contributed by atoms with Crippen molar-refractivity contribution in [2.75, 3.05) is 0 Å². The third kappa shape index (κ3) is 3.08. The molecule has 0 N–H and O–H groups in total. The number of fused-ring (bicyclic) bond motifs is 1. The molecule has 4 rings (SSSR count). The summed E-state index contributed by atoms with van der Waals surface area (Å²) in [6.45, 7) is 0. The number of alkyl halides is 3. The Kier molecular flexibility index (Phi) is 4.00. The second kappa shape index (κ2) is 6.22. The van der Waals surface area contributed by atoms with E-state index in [2.05, 4.69) is 20.3 Å². The van der Waals surface area contributed by atoms with Gasteiger partial charge in [0.15, 0.2) is 5.65 Å². The Morgan fingerprint density at radius 3 is 2.69 bits per heavy atom. The molecule has 0 radical (unpaired) electrons. The van der Waals surface area contributed by atoms with Gasteiger partial charge in [0, 0.05) is 17.0 Å². The van der Waals surface area contributed by atoms with E-state index >= 15 is 0 Å². The summed E-state index contributed by atoms with van der Waals surface area (Å²) >= 11 is 7.18. The lowest BCUT2D eigenvalue weighted by Gasteiger charge is -2.13. The minimum Gasteiger partial charge on any atom is -0.437 e. The molecule has 0 bridgehead atoms. The number of hydrogen-bond donors (Lipinski definition) is 0. The van der Waals surface area contributed by atoms with E-state index < -0.39 is 11.7 Å². The Bertz CT molecular complexity index is 1080. The van der Waals surface area contributed by atoms with Gasteiger partial charge in [-0.25, -0.2) is 4.98 Å². The molecule has 3 aromatic heterocycles. The lowest BCUT2D eigenvalue weighted by Crippen LogP contribution is -2.05. The molecule has 0 aliphatic rings. The molecule has 0 saturated heterocycles. The van der Waals surface area contributed by atoms with E-state index in [9.17, 15) is 13.2 Å². The maximum atomic E-state index is 13.1. The number of thiazole rings is 1. The van der Waals surface area contributed by atoms with Crippen molar-refractivity contribution in [3.63, 3.8) is 0 Å². The number of halogens is 4. The lowest BCUT2D eigenvalue weighted by molar-refractivity contribution is -0.137. The molecule has 0 aliphatic heterocycles. The Morgan fingerprint density at radius 2 is 1.96 bits per heavy atom. The molecule has 3 heterocycles. The first-order chi connectivity index (χ1) is 12.4. The van der Waals surface area contributed by atoms with Crippen molar-refractivity contribution in [3.05, 3.63) is 52.1 Å². The molecule has 6 nitrogen and oxygen atoms in total. The van der Waals surface area contributed by atoms with E-state index in [-0.39, 0.29) is 16.9 Å². The van der Waals surface area contributed by atoms with Crippen LogP contribution in [-0.4, -0.2) is 24.8 Å². The predicted molar refractivity (Wildman–Crippen MR) is 88.4 cm³/mol. The van der Waals surface area contributed by atoms with Crippen molar-refractivity contribution in [1.29, 1.82) is 0 Å². The van der Waals surface area contributed by atoms with E-state index in [1.54, 1.807) is 10.9 Å². The van der Waals surface area contributed by atoms with Crippen LogP contribution in [0.3, 0.4) is 0 Å². The first kappa shape index (κ1) is 16.7. The summed E-state index contributed by atoms with van der Waals surface area (Å²) < 4.78 is 46.1. The standard InChI is InChI=1S/C15H7ClF3N5OS/c16-14-22-21-12-3-4-13(23-24(12)14)25-11-5-8(15(17,18)19)1-2-9(11)10-6-26-7-20-10/h1-7H. The fourth-order valence-electron chi connectivity index (χ4n) is 2.25. The van der Waals surface area contributed by atoms with E-state index in [1.165, 1.54) is 34.1 Å². The zero-order valence-corrected chi connectivity index (χ0v) is 14.2. The number of nitrogens with zero attached hydrogens (tertiary/aromatic N) is 5. The van der Waals surface area contributed by atoms with Gasteiger partial charge < -0.3 is 4.74 Å². The smallest absolute Gasteiger partial charge is 0.416 e. The average molecular weight is 398 g/mol. The maximum absolute atomic E-state index is 13.1. The molecular weight excluding hydrogens is 391 g/mol. The molecule has 0 unspecified atom stereocenters. The zero-order valence-electron chi connectivity index (χ0n) is 12.6. The highest BCUT2D eigenvalue weighted by molar-refractivity contribution is 7.07. The van der Waals surface area contributed by atoms with Crippen LogP contribution in [0.2, 0.25) is 5.28 Å². The first-order valence-electron chi connectivity index (χ1n) is 7.07. The predicted octanol–water partition coefficient (Wildman–Crippen LogP) is 4.71. The fourth-order valence-corrected chi connectivity index (χ4v) is 2.97. The van der Waals surface area contributed by atoms with E-state index in [4.69, 9.17) is 16.3 Å². The first-order valence-corrected chi connectivity index (χ1v) is 8.39. The minimum absolute atomic E-state index is 0.00853. The monoisotopic (exact) mass is 397 g/mol. The quantitative estimate of drug-likeness (QED) is 0.501. The maximum Gasteiger partial charge on any atom is 0.416 e. The highest BCUT2D eigenvalue weighted by Gasteiger charge is 2.31. The summed E-state index contributed by atoms with van der Waals surface area (Å²) in [4.78, 5) is 4.13. The van der Waals surface area contributed by atoms with Gasteiger partial charge in [0.05, 0.1) is 16.8 Å². The van der Waals surface area contributed by atoms with E-state index in [1.807, 2.05) is 0 Å². The van der Waals surface area contributed by atoms with Gasteiger partial charge in [-0.3, -0.25) is 0 Å². The molecule has 1 aromatic carbocycles. The molecule has 0 fully saturated rings. The number of rotatable bonds is 3. The van der Waals surface area contributed by atoms with Gasteiger partial charge in [-0.1, -0.05) is 0 Å². The molecule has 0 aliphatic carbocycles. The zero-order chi connectivity index (χ0) is 18.3. The summed E-state index contributed by atoms with van der Waals surface area (Å²) in [5, 5.41) is 13.2. The summed E-state index contributed by atoms with van der Waals surface area (Å²) in [5.41, 5.74) is 2.04. The Morgan fingerprint density at radius 1 is 1.12 bits per heavy atom. The van der Waals surface area contributed by atoms with Crippen LogP contribution in [-0.2, 0) is 6.18 Å². The van der Waals surface area contributed by atoms with Crippen LogP contribution in [0.25, 0.3) is 16.9 Å². The minimum atomic E-state index is -4.51. The third-order valence-corrected chi connectivity index (χ3v) is 4.25. The van der Waals surface area contributed by atoms with Gasteiger partial charge in [-0.05, 0) is 35.9 Å². The summed E-state index contributed by atoms with van der Waals surface area (Å²) in [5.74, 6) is 0.0109. The van der Waals surface area contributed by atoms with Crippen molar-refractivity contribution >= 4 is 28.6 Å². The molecule has 0 atom stereocenters. The highest BCUT2D eigenvalue weighted by Crippen LogP contribution is 2.38. The average Bonchev–Trinajstić information content (AvgIpc) is 3.25. The molecule has 11 heteroatoms. The van der Waals surface area contributed by atoms with Crippen LogP contribution in [0.1, 0.15) is 5.56 Å². The summed E-state index contributed by atoms with van der Waals surface area (Å²) in [6, 6.07) is 6.21. The van der Waals surface area contributed by atoms with Crippen molar-refractivity contribution < 1.29 is 17.9 Å². The molecule has 0 spiro atoms. The third-order valence-electron chi connectivity index (χ3n) is 3.43. The number of ether oxygens (including phenoxy) is 1. The Labute approximate surface area is 152 Å². The number of benzene rings is 1. The van der Waals surface area contributed by atoms with Gasteiger partial charge in [0.25, 0.3) is 0 Å². The van der Waals surface area contributed by atoms with Gasteiger partial charge in [-0.15, -0.1) is 26.6 Å². The normalized spacial score (nSPS) is 11.8. The topological polar surface area (TPSA) is 65.2 Å². The lowest BCUT2D eigenvalue weighted by atomic mass is 10.1. The number of aromatic nitrogens is 5. The molecule has 0 amide bonds. The van der Waals surface area contributed by atoms with E-state index in [0.29, 0.717) is 16.9 Å². The number of hydrogen-bond acceptors (Lipinski definition) is 6. The molecule has 132 valence electrons. The summed E-state index contributed by atoms with van der Waals surface area (Å²) in [7, 11) is 0. The fraction of sp³-hybridized carbons (Fsp3) is 0.0667. The van der Waals surface area contributed by atoms with E-state index in [0.717, 1.165) is 12.1 Å². The highest BCUT2D eigenvalue weighted by atomic mass is 35.5. The largest absolute Gasteiger partial charge is 0.437 e. The van der Waals surface area contributed by atoms with Gasteiger partial charge in [0.1, 0.15) is 5.75 Å². The van der Waals surface area contributed by atoms with Crippen molar-refractivity contribution in [2.45, 2.75) is 6.18 Å². The molecule has 26 heavy (non-hydrogen) atoms.